The average Bonchev–Trinajstić information content (AvgIpc) is 2.71. The zero-order valence-corrected chi connectivity index (χ0v) is 40.4. The van der Waals surface area contributed by atoms with Crippen molar-refractivity contribution in [1.82, 2.24) is 0 Å². The molecule has 4 heteroatoms. The van der Waals surface area contributed by atoms with E-state index in [1.165, 1.54) is 34.8 Å². The van der Waals surface area contributed by atoms with Crippen molar-refractivity contribution in [2.75, 3.05) is 0 Å². The molecule has 0 aliphatic rings. The fraction of sp³-hybridized carbons (Fsp3) is 0.750. The standard InChI is InChI=1S/C18H34.C17H32.CH3.2Na.2Nb/c1-12-14(4)15(5)17(8,9)18(10,11)16(6,7)13(2)3;1-12(2)14(5)16(8,9)17(10,11)15(6,7)13(3)4;;;;;/h4,12H2,1-3,5-11H3;1H2,2-11H3;1H3;;;;/q2*-2;-1;2*+1;;. The van der Waals surface area contributed by atoms with Gasteiger partial charge in [0.25, 0.3) is 0 Å². The van der Waals surface area contributed by atoms with Gasteiger partial charge in [-0.15, -0.1) is 13.8 Å². The summed E-state index contributed by atoms with van der Waals surface area (Å²) < 4.78 is 0. The van der Waals surface area contributed by atoms with Gasteiger partial charge < -0.3 is 19.3 Å². The van der Waals surface area contributed by atoms with E-state index in [0.29, 0.717) is 0 Å². The van der Waals surface area contributed by atoms with Crippen molar-refractivity contribution in [3.05, 3.63) is 55.4 Å². The second kappa shape index (κ2) is 20.7. The normalized spacial score (nSPS) is 12.2. The predicted octanol–water partition coefficient (Wildman–Crippen LogP) is 6.54. The van der Waals surface area contributed by atoms with E-state index in [0.717, 1.165) is 6.42 Å². The van der Waals surface area contributed by atoms with E-state index in [9.17, 15) is 0 Å². The summed E-state index contributed by atoms with van der Waals surface area (Å²) in [5, 5.41) is 0. The van der Waals surface area contributed by atoms with Gasteiger partial charge in [-0.2, -0.15) is 38.5 Å². The molecule has 0 aliphatic carbocycles. The molecule has 0 saturated heterocycles. The second-order valence-corrected chi connectivity index (χ2v) is 14.7. The maximum atomic E-state index is 4.24. The molecular formula is C36H69Na2Nb2-3. The minimum atomic E-state index is 0. The van der Waals surface area contributed by atoms with Crippen LogP contribution in [0.4, 0.5) is 0 Å². The van der Waals surface area contributed by atoms with Gasteiger partial charge in [-0.25, -0.2) is 36.1 Å². The largest absolute Gasteiger partial charge is 1.00 e. The van der Waals surface area contributed by atoms with E-state index in [1.807, 2.05) is 0 Å². The van der Waals surface area contributed by atoms with Crippen LogP contribution in [0.1, 0.15) is 145 Å². The number of hydrogen-bond acceptors (Lipinski definition) is 0. The molecule has 2 radical (unpaired) electrons. The predicted molar refractivity (Wildman–Crippen MR) is 170 cm³/mol. The van der Waals surface area contributed by atoms with Crippen molar-refractivity contribution < 1.29 is 104 Å². The summed E-state index contributed by atoms with van der Waals surface area (Å²) in [4.78, 5) is 0. The molecule has 0 unspecified atom stereocenters. The van der Waals surface area contributed by atoms with Crippen molar-refractivity contribution in [3.8, 4) is 0 Å². The molecular weight excluding hydrogens is 664 g/mol. The van der Waals surface area contributed by atoms with Crippen LogP contribution in [0.5, 0.6) is 0 Å². The van der Waals surface area contributed by atoms with Crippen LogP contribution in [-0.4, -0.2) is 0 Å². The van der Waals surface area contributed by atoms with Crippen LogP contribution in [0.15, 0.2) is 24.3 Å². The van der Waals surface area contributed by atoms with Crippen molar-refractivity contribution >= 4 is 0 Å². The summed E-state index contributed by atoms with van der Waals surface area (Å²) >= 11 is 0. The van der Waals surface area contributed by atoms with Gasteiger partial charge in [-0.05, 0) is 0 Å². The van der Waals surface area contributed by atoms with Gasteiger partial charge in [0.1, 0.15) is 0 Å². The first-order chi connectivity index (χ1) is 15.1. The molecule has 0 atom stereocenters. The Hall–Kier alpha value is 2.70. The molecule has 0 fully saturated rings. The Labute approximate surface area is 332 Å². The Morgan fingerprint density at radius 3 is 0.925 bits per heavy atom. The van der Waals surface area contributed by atoms with Crippen LogP contribution < -0.4 is 59.1 Å². The fourth-order valence-corrected chi connectivity index (χ4v) is 4.99. The fourth-order valence-electron chi connectivity index (χ4n) is 4.99. The molecule has 0 heterocycles. The van der Waals surface area contributed by atoms with E-state index >= 15 is 0 Å². The first-order valence-corrected chi connectivity index (χ1v) is 13.8. The average molecular weight is 734 g/mol. The van der Waals surface area contributed by atoms with Crippen LogP contribution in [0.25, 0.3) is 0 Å². The van der Waals surface area contributed by atoms with Gasteiger partial charge in [0.2, 0.25) is 0 Å². The summed E-state index contributed by atoms with van der Waals surface area (Å²) in [6.07, 6.45) is 1.04. The van der Waals surface area contributed by atoms with Crippen LogP contribution in [-0.2, 0) is 44.8 Å². The molecule has 0 aliphatic heterocycles. The maximum Gasteiger partial charge on any atom is 1.00 e. The molecule has 0 rings (SSSR count). The molecule has 0 spiro atoms. The van der Waals surface area contributed by atoms with Crippen molar-refractivity contribution in [2.45, 2.75) is 145 Å². The molecule has 0 amide bonds. The summed E-state index contributed by atoms with van der Waals surface area (Å²) in [7, 11) is 0. The molecule has 0 aromatic carbocycles. The number of rotatable bonds is 11. The monoisotopic (exact) mass is 733 g/mol. The zero-order valence-electron chi connectivity index (χ0n) is 32.0. The first-order valence-electron chi connectivity index (χ1n) is 13.8. The molecule has 0 aromatic rings. The van der Waals surface area contributed by atoms with E-state index in [4.69, 9.17) is 0 Å². The number of allylic oxidation sites excluding steroid dienone is 2. The van der Waals surface area contributed by atoms with Crippen molar-refractivity contribution in [1.29, 1.82) is 0 Å². The Balaban J connectivity index is -0.0000000969. The van der Waals surface area contributed by atoms with Gasteiger partial charge >= 0.3 is 59.1 Å². The van der Waals surface area contributed by atoms with Gasteiger partial charge in [0.15, 0.2) is 0 Å². The number of hydrogen-bond donors (Lipinski definition) is 0. The SMILES string of the molecule is C=C(C)[C-](C)C(C)(C)C(C)(C)C(C)(C)[C-](C)C.C=C(CC)[C-](C)C(C)(C)C(C)(C)C(C)(C)[C-](C)C.[CH3-].[Na+].[Na+].[Nb].[Nb]. The molecule has 0 nitrogen and oxygen atoms in total. The van der Waals surface area contributed by atoms with Crippen LogP contribution >= 0.6 is 0 Å². The van der Waals surface area contributed by atoms with Gasteiger partial charge in [-0.1, -0.05) is 125 Å². The van der Waals surface area contributed by atoms with E-state index in [2.05, 4.69) is 152 Å². The molecule has 0 aromatic heterocycles. The molecule has 228 valence electrons. The van der Waals surface area contributed by atoms with E-state index in [1.54, 1.807) is 0 Å². The zero-order chi connectivity index (χ0) is 29.2. The van der Waals surface area contributed by atoms with Crippen molar-refractivity contribution in [3.63, 3.8) is 0 Å². The molecule has 40 heavy (non-hydrogen) atoms. The third-order valence-corrected chi connectivity index (χ3v) is 12.2. The summed E-state index contributed by atoms with van der Waals surface area (Å²) in [5.74, 6) is 5.85. The Bertz CT molecular complexity index is 710. The van der Waals surface area contributed by atoms with Crippen LogP contribution in [0, 0.1) is 63.6 Å². The second-order valence-electron chi connectivity index (χ2n) is 14.7. The maximum absolute atomic E-state index is 4.24. The van der Waals surface area contributed by atoms with E-state index < -0.39 is 0 Å². The smallest absolute Gasteiger partial charge is 0.358 e. The Morgan fingerprint density at radius 1 is 0.525 bits per heavy atom. The Morgan fingerprint density at radius 2 is 0.750 bits per heavy atom. The third kappa shape index (κ3) is 12.1. The van der Waals surface area contributed by atoms with Crippen LogP contribution in [0.3, 0.4) is 0 Å². The van der Waals surface area contributed by atoms with Crippen molar-refractivity contribution in [2.24, 2.45) is 32.5 Å². The molecule has 0 saturated carbocycles. The minimum absolute atomic E-state index is 0. The van der Waals surface area contributed by atoms with Gasteiger partial charge in [0, 0.05) is 44.8 Å². The molecule has 0 bridgehead atoms. The van der Waals surface area contributed by atoms with E-state index in [-0.39, 0.29) is 144 Å². The minimum Gasteiger partial charge on any atom is -0.358 e. The summed E-state index contributed by atoms with van der Waals surface area (Å²) in [6.45, 7) is 54.6. The van der Waals surface area contributed by atoms with Gasteiger partial charge in [-0.3, -0.25) is 0 Å². The molecule has 0 N–H and O–H groups in total. The first kappa shape index (κ1) is 58.3. The van der Waals surface area contributed by atoms with Crippen LogP contribution in [0.2, 0.25) is 0 Å². The third-order valence-electron chi connectivity index (χ3n) is 12.2. The quantitative estimate of drug-likeness (QED) is 0.167. The van der Waals surface area contributed by atoms with Gasteiger partial charge in [0.05, 0.1) is 0 Å². The Kier molecular flexibility index (Phi) is 30.2. The summed E-state index contributed by atoms with van der Waals surface area (Å²) in [6, 6.07) is 0. The summed E-state index contributed by atoms with van der Waals surface area (Å²) in [5.41, 5.74) is 3.53. The topological polar surface area (TPSA) is 0 Å².